The summed E-state index contributed by atoms with van der Waals surface area (Å²) in [6.45, 7) is 4.24. The summed E-state index contributed by atoms with van der Waals surface area (Å²) in [7, 11) is 1.56. The van der Waals surface area contributed by atoms with E-state index in [-0.39, 0.29) is 18.1 Å². The molecule has 1 aromatic carbocycles. The van der Waals surface area contributed by atoms with Crippen molar-refractivity contribution in [2.75, 3.05) is 19.0 Å². The van der Waals surface area contributed by atoms with Crippen LogP contribution >= 0.6 is 0 Å². The van der Waals surface area contributed by atoms with Crippen LogP contribution in [0.15, 0.2) is 24.3 Å². The van der Waals surface area contributed by atoms with Crippen LogP contribution in [-0.2, 0) is 0 Å². The van der Waals surface area contributed by atoms with Gasteiger partial charge in [0.1, 0.15) is 5.75 Å². The molecule has 0 spiro atoms. The molecule has 3 N–H and O–H groups in total. The Morgan fingerprint density at radius 3 is 2.68 bits per heavy atom. The van der Waals surface area contributed by atoms with Crippen LogP contribution in [0.3, 0.4) is 0 Å². The standard InChI is InChI=1S/C14H22N2O3/c1-10(8-11(2)17)9-15-14(18)16-12-6-4-5-7-13(12)19-3/h4-7,10-11,17H,8-9H2,1-3H3,(H2,15,16,18)/t10-,11+/m1/s1. The van der Waals surface area contributed by atoms with Crippen molar-refractivity contribution in [3.05, 3.63) is 24.3 Å². The first-order valence-corrected chi connectivity index (χ1v) is 6.39. The van der Waals surface area contributed by atoms with Crippen LogP contribution in [0, 0.1) is 5.92 Å². The molecule has 1 aromatic rings. The zero-order valence-corrected chi connectivity index (χ0v) is 11.6. The Bertz CT molecular complexity index is 407. The second-order valence-corrected chi connectivity index (χ2v) is 4.73. The Morgan fingerprint density at radius 2 is 2.05 bits per heavy atom. The Labute approximate surface area is 114 Å². The van der Waals surface area contributed by atoms with Crippen molar-refractivity contribution in [2.45, 2.75) is 26.4 Å². The molecule has 0 aliphatic rings. The van der Waals surface area contributed by atoms with Gasteiger partial charge in [-0.1, -0.05) is 19.1 Å². The molecule has 0 saturated carbocycles. The van der Waals surface area contributed by atoms with Crippen molar-refractivity contribution in [3.8, 4) is 5.75 Å². The number of aliphatic hydroxyl groups is 1. The highest BCUT2D eigenvalue weighted by molar-refractivity contribution is 5.90. The van der Waals surface area contributed by atoms with Gasteiger partial charge in [-0.25, -0.2) is 4.79 Å². The summed E-state index contributed by atoms with van der Waals surface area (Å²) in [6, 6.07) is 6.95. The smallest absolute Gasteiger partial charge is 0.319 e. The quantitative estimate of drug-likeness (QED) is 0.739. The number of hydrogen-bond donors (Lipinski definition) is 3. The van der Waals surface area contributed by atoms with E-state index < -0.39 is 0 Å². The topological polar surface area (TPSA) is 70.6 Å². The van der Waals surface area contributed by atoms with Gasteiger partial charge >= 0.3 is 6.03 Å². The molecule has 5 heteroatoms. The molecule has 0 aromatic heterocycles. The van der Waals surface area contributed by atoms with Crippen LogP contribution in [0.5, 0.6) is 5.75 Å². The molecule has 0 bridgehead atoms. The van der Waals surface area contributed by atoms with Crippen LogP contribution in [-0.4, -0.2) is 30.9 Å². The van der Waals surface area contributed by atoms with Crippen molar-refractivity contribution in [1.29, 1.82) is 0 Å². The number of anilines is 1. The molecule has 0 aliphatic carbocycles. The minimum atomic E-state index is -0.353. The van der Waals surface area contributed by atoms with E-state index in [1.165, 1.54) is 0 Å². The summed E-state index contributed by atoms with van der Waals surface area (Å²) < 4.78 is 5.15. The number of amides is 2. The Morgan fingerprint density at radius 1 is 1.37 bits per heavy atom. The molecule has 2 atom stereocenters. The van der Waals surface area contributed by atoms with Crippen LogP contribution in [0.1, 0.15) is 20.3 Å². The van der Waals surface area contributed by atoms with Crippen molar-refractivity contribution in [3.63, 3.8) is 0 Å². The maximum absolute atomic E-state index is 11.7. The summed E-state index contributed by atoms with van der Waals surface area (Å²) in [5.74, 6) is 0.845. The molecule has 0 fully saturated rings. The van der Waals surface area contributed by atoms with E-state index in [0.29, 0.717) is 24.4 Å². The molecule has 0 aliphatic heterocycles. The van der Waals surface area contributed by atoms with Gasteiger partial charge in [-0.05, 0) is 31.4 Å². The van der Waals surface area contributed by atoms with Crippen LogP contribution in [0.25, 0.3) is 0 Å². The number of urea groups is 1. The lowest BCUT2D eigenvalue weighted by atomic mass is 10.1. The van der Waals surface area contributed by atoms with Crippen LogP contribution < -0.4 is 15.4 Å². The first-order chi connectivity index (χ1) is 9.02. The molecule has 0 saturated heterocycles. The SMILES string of the molecule is COc1ccccc1NC(=O)NC[C@H](C)C[C@H](C)O. The first-order valence-electron chi connectivity index (χ1n) is 6.39. The monoisotopic (exact) mass is 266 g/mol. The highest BCUT2D eigenvalue weighted by atomic mass is 16.5. The van der Waals surface area contributed by atoms with E-state index in [4.69, 9.17) is 4.74 Å². The molecular weight excluding hydrogens is 244 g/mol. The van der Waals surface area contributed by atoms with Gasteiger partial charge in [0.2, 0.25) is 0 Å². The maximum atomic E-state index is 11.7. The van der Waals surface area contributed by atoms with E-state index >= 15 is 0 Å². The molecule has 0 radical (unpaired) electrons. The number of ether oxygens (including phenoxy) is 1. The molecule has 0 heterocycles. The number of para-hydroxylation sites is 2. The largest absolute Gasteiger partial charge is 0.495 e. The second kappa shape index (κ2) is 7.63. The van der Waals surface area contributed by atoms with Crippen LogP contribution in [0.2, 0.25) is 0 Å². The van der Waals surface area contributed by atoms with Gasteiger partial charge in [0.15, 0.2) is 0 Å². The Hall–Kier alpha value is -1.75. The molecular formula is C14H22N2O3. The molecule has 19 heavy (non-hydrogen) atoms. The second-order valence-electron chi connectivity index (χ2n) is 4.73. The molecule has 1 rings (SSSR count). The third kappa shape index (κ3) is 5.61. The number of carbonyl (C=O) groups is 1. The highest BCUT2D eigenvalue weighted by Crippen LogP contribution is 2.22. The van der Waals surface area contributed by atoms with Gasteiger partial charge in [-0.15, -0.1) is 0 Å². The maximum Gasteiger partial charge on any atom is 0.319 e. The predicted molar refractivity (Wildman–Crippen MR) is 75.5 cm³/mol. The normalized spacial score (nSPS) is 13.5. The third-order valence-corrected chi connectivity index (χ3v) is 2.71. The molecule has 5 nitrogen and oxygen atoms in total. The lowest BCUT2D eigenvalue weighted by Gasteiger charge is -2.15. The van der Waals surface area contributed by atoms with E-state index in [2.05, 4.69) is 10.6 Å². The number of rotatable bonds is 6. The van der Waals surface area contributed by atoms with E-state index in [1.807, 2.05) is 19.1 Å². The number of benzene rings is 1. The number of hydrogen-bond acceptors (Lipinski definition) is 3. The van der Waals surface area contributed by atoms with Gasteiger partial charge < -0.3 is 20.5 Å². The number of carbonyl (C=O) groups excluding carboxylic acids is 1. The summed E-state index contributed by atoms with van der Waals surface area (Å²) in [5, 5.41) is 14.8. The van der Waals surface area contributed by atoms with Crippen molar-refractivity contribution < 1.29 is 14.6 Å². The summed E-state index contributed by atoms with van der Waals surface area (Å²) in [4.78, 5) is 11.7. The van der Waals surface area contributed by atoms with Gasteiger partial charge in [-0.3, -0.25) is 0 Å². The lowest BCUT2D eigenvalue weighted by molar-refractivity contribution is 0.163. The Balaban J connectivity index is 2.43. The Kier molecular flexibility index (Phi) is 6.15. The van der Waals surface area contributed by atoms with E-state index in [9.17, 15) is 9.90 Å². The number of nitrogens with one attached hydrogen (secondary N) is 2. The van der Waals surface area contributed by atoms with Gasteiger partial charge in [0, 0.05) is 6.54 Å². The van der Waals surface area contributed by atoms with Crippen LogP contribution in [0.4, 0.5) is 10.5 Å². The molecule has 0 unspecified atom stereocenters. The highest BCUT2D eigenvalue weighted by Gasteiger charge is 2.09. The summed E-state index contributed by atoms with van der Waals surface area (Å²) in [5.41, 5.74) is 0.630. The molecule has 2 amide bonds. The number of aliphatic hydroxyl groups excluding tert-OH is 1. The lowest BCUT2D eigenvalue weighted by Crippen LogP contribution is -2.33. The van der Waals surface area contributed by atoms with Gasteiger partial charge in [0.05, 0.1) is 18.9 Å². The molecule has 106 valence electrons. The minimum absolute atomic E-state index is 0.225. The fourth-order valence-electron chi connectivity index (χ4n) is 1.85. The first kappa shape index (κ1) is 15.3. The fourth-order valence-corrected chi connectivity index (χ4v) is 1.85. The van der Waals surface area contributed by atoms with E-state index in [0.717, 1.165) is 0 Å². The zero-order chi connectivity index (χ0) is 14.3. The van der Waals surface area contributed by atoms with Crippen molar-refractivity contribution >= 4 is 11.7 Å². The summed E-state index contributed by atoms with van der Waals surface area (Å²) in [6.07, 6.45) is 0.309. The number of methoxy groups -OCH3 is 1. The predicted octanol–water partition coefficient (Wildman–Crippen LogP) is 2.22. The average molecular weight is 266 g/mol. The van der Waals surface area contributed by atoms with Gasteiger partial charge in [0.25, 0.3) is 0 Å². The van der Waals surface area contributed by atoms with Crippen molar-refractivity contribution in [2.24, 2.45) is 5.92 Å². The van der Waals surface area contributed by atoms with Gasteiger partial charge in [-0.2, -0.15) is 0 Å². The third-order valence-electron chi connectivity index (χ3n) is 2.71. The minimum Gasteiger partial charge on any atom is -0.495 e. The van der Waals surface area contributed by atoms with Crippen molar-refractivity contribution in [1.82, 2.24) is 5.32 Å². The fraction of sp³-hybridized carbons (Fsp3) is 0.500. The zero-order valence-electron chi connectivity index (χ0n) is 11.6. The van der Waals surface area contributed by atoms with E-state index in [1.54, 1.807) is 26.2 Å². The summed E-state index contributed by atoms with van der Waals surface area (Å²) >= 11 is 0. The average Bonchev–Trinajstić information content (AvgIpc) is 2.36.